The van der Waals surface area contributed by atoms with E-state index in [1.54, 1.807) is 19.1 Å². The third-order valence-corrected chi connectivity index (χ3v) is 1.66. The molecule has 0 aromatic heterocycles. The van der Waals surface area contributed by atoms with E-state index in [4.69, 9.17) is 5.11 Å². The molecule has 13 heavy (non-hydrogen) atoms. The molecule has 0 aliphatic rings. The Balaban J connectivity index is 3.06. The smallest absolute Gasteiger partial charge is 0.328 e. The molecule has 0 unspecified atom stereocenters. The van der Waals surface area contributed by atoms with Gasteiger partial charge in [0.2, 0.25) is 0 Å². The predicted molar refractivity (Wildman–Crippen MR) is 47.8 cm³/mol. The summed E-state index contributed by atoms with van der Waals surface area (Å²) in [5.74, 6) is -1.49. The van der Waals surface area contributed by atoms with Gasteiger partial charge in [-0.1, -0.05) is 12.1 Å². The molecule has 1 aromatic rings. The highest BCUT2D eigenvalue weighted by atomic mass is 19.1. The normalized spacial score (nSPS) is 10.6. The number of benzene rings is 1. The van der Waals surface area contributed by atoms with Crippen LogP contribution in [0.2, 0.25) is 0 Å². The van der Waals surface area contributed by atoms with Crippen LogP contribution in [0.1, 0.15) is 11.1 Å². The molecule has 2 nitrogen and oxygen atoms in total. The second-order valence-electron chi connectivity index (χ2n) is 2.64. The number of aliphatic carboxylic acids is 1. The Morgan fingerprint density at radius 1 is 1.54 bits per heavy atom. The van der Waals surface area contributed by atoms with Gasteiger partial charge in [-0.25, -0.2) is 9.18 Å². The van der Waals surface area contributed by atoms with Crippen molar-refractivity contribution in [2.75, 3.05) is 0 Å². The molecule has 1 N–H and O–H groups in total. The maximum absolute atomic E-state index is 13.1. The molecule has 0 fully saturated rings. The van der Waals surface area contributed by atoms with E-state index in [-0.39, 0.29) is 0 Å². The number of carboxylic acid groups (broad SMARTS) is 1. The van der Waals surface area contributed by atoms with E-state index in [1.165, 1.54) is 12.1 Å². The molecule has 68 valence electrons. The molecule has 0 aliphatic carbocycles. The summed E-state index contributed by atoms with van der Waals surface area (Å²) in [7, 11) is 0. The summed E-state index contributed by atoms with van der Waals surface area (Å²) in [6, 6.07) is 4.61. The largest absolute Gasteiger partial charge is 0.478 e. The van der Waals surface area contributed by atoms with Crippen LogP contribution in [0.15, 0.2) is 24.3 Å². The molecular formula is C10H9FO2. The van der Waals surface area contributed by atoms with Crippen LogP contribution in [0.3, 0.4) is 0 Å². The van der Waals surface area contributed by atoms with Crippen LogP contribution in [0.5, 0.6) is 0 Å². The summed E-state index contributed by atoms with van der Waals surface area (Å²) in [5, 5.41) is 8.35. The topological polar surface area (TPSA) is 37.3 Å². The summed E-state index contributed by atoms with van der Waals surface area (Å²) >= 11 is 0. The van der Waals surface area contributed by atoms with Crippen molar-refractivity contribution in [3.63, 3.8) is 0 Å². The molecule has 1 rings (SSSR count). The van der Waals surface area contributed by atoms with Gasteiger partial charge in [0, 0.05) is 11.6 Å². The van der Waals surface area contributed by atoms with E-state index >= 15 is 0 Å². The van der Waals surface area contributed by atoms with E-state index in [0.717, 1.165) is 11.6 Å². The first-order chi connectivity index (χ1) is 6.11. The summed E-state index contributed by atoms with van der Waals surface area (Å²) in [6.07, 6.45) is 2.18. The molecule has 1 aromatic carbocycles. The summed E-state index contributed by atoms with van der Waals surface area (Å²) in [6.45, 7) is 1.73. The number of carboxylic acids is 1. The fraction of sp³-hybridized carbons (Fsp3) is 0.100. The maximum Gasteiger partial charge on any atom is 0.328 e. The van der Waals surface area contributed by atoms with Gasteiger partial charge < -0.3 is 5.11 Å². The first-order valence-electron chi connectivity index (χ1n) is 3.77. The van der Waals surface area contributed by atoms with Crippen molar-refractivity contribution in [3.05, 3.63) is 41.2 Å². The van der Waals surface area contributed by atoms with Gasteiger partial charge in [-0.2, -0.15) is 0 Å². The zero-order valence-corrected chi connectivity index (χ0v) is 7.12. The summed E-state index contributed by atoms with van der Waals surface area (Å²) in [4.78, 5) is 10.2. The minimum absolute atomic E-state index is 0.324. The lowest BCUT2D eigenvalue weighted by atomic mass is 10.1. The third kappa shape index (κ3) is 2.40. The average molecular weight is 180 g/mol. The summed E-state index contributed by atoms with van der Waals surface area (Å²) in [5.41, 5.74) is 1.04. The number of hydrogen-bond donors (Lipinski definition) is 1. The molecule has 0 aliphatic heterocycles. The van der Waals surface area contributed by atoms with Gasteiger partial charge in [0.25, 0.3) is 0 Å². The minimum atomic E-state index is -1.08. The standard InChI is InChI=1S/C10H9FO2/c1-7-3-2-4-9(11)8(7)5-6-10(12)13/h2-6H,1H3,(H,12,13)/b6-5+. The highest BCUT2D eigenvalue weighted by molar-refractivity contribution is 5.85. The SMILES string of the molecule is Cc1cccc(F)c1/C=C/C(=O)O. The second kappa shape index (κ2) is 3.85. The van der Waals surface area contributed by atoms with Crippen LogP contribution in [0.25, 0.3) is 6.08 Å². The van der Waals surface area contributed by atoms with Gasteiger partial charge in [-0.05, 0) is 24.6 Å². The molecule has 0 saturated carbocycles. The van der Waals surface area contributed by atoms with Crippen molar-refractivity contribution >= 4 is 12.0 Å². The number of rotatable bonds is 2. The van der Waals surface area contributed by atoms with E-state index in [2.05, 4.69) is 0 Å². The molecule has 0 saturated heterocycles. The van der Waals surface area contributed by atoms with Crippen LogP contribution in [0.4, 0.5) is 4.39 Å². The zero-order valence-electron chi connectivity index (χ0n) is 7.12. The van der Waals surface area contributed by atoms with Crippen molar-refractivity contribution in [1.82, 2.24) is 0 Å². The lowest BCUT2D eigenvalue weighted by Gasteiger charge is -1.99. The summed E-state index contributed by atoms with van der Waals surface area (Å²) < 4.78 is 13.1. The number of carbonyl (C=O) groups is 1. The fourth-order valence-corrected chi connectivity index (χ4v) is 1.01. The van der Waals surface area contributed by atoms with Gasteiger partial charge in [-0.3, -0.25) is 0 Å². The molecular weight excluding hydrogens is 171 g/mol. The average Bonchev–Trinajstić information content (AvgIpc) is 2.03. The van der Waals surface area contributed by atoms with Crippen LogP contribution in [0, 0.1) is 12.7 Å². The van der Waals surface area contributed by atoms with E-state index in [1.807, 2.05) is 0 Å². The van der Waals surface area contributed by atoms with Crippen LogP contribution >= 0.6 is 0 Å². The minimum Gasteiger partial charge on any atom is -0.478 e. The Bertz CT molecular complexity index is 336. The zero-order chi connectivity index (χ0) is 9.84. The first kappa shape index (κ1) is 9.45. The maximum atomic E-state index is 13.1. The Labute approximate surface area is 75.3 Å². The van der Waals surface area contributed by atoms with Gasteiger partial charge >= 0.3 is 5.97 Å². The van der Waals surface area contributed by atoms with Crippen molar-refractivity contribution < 1.29 is 14.3 Å². The Kier molecular flexibility index (Phi) is 2.80. The van der Waals surface area contributed by atoms with Gasteiger partial charge in [0.1, 0.15) is 5.82 Å². The Morgan fingerprint density at radius 2 is 2.23 bits per heavy atom. The molecule has 0 atom stereocenters. The number of halogens is 1. The van der Waals surface area contributed by atoms with Crippen LogP contribution in [-0.4, -0.2) is 11.1 Å². The fourth-order valence-electron chi connectivity index (χ4n) is 1.01. The van der Waals surface area contributed by atoms with Gasteiger partial charge in [0.05, 0.1) is 0 Å². The highest BCUT2D eigenvalue weighted by Crippen LogP contribution is 2.13. The monoisotopic (exact) mass is 180 g/mol. The van der Waals surface area contributed by atoms with E-state index in [0.29, 0.717) is 5.56 Å². The van der Waals surface area contributed by atoms with E-state index in [9.17, 15) is 9.18 Å². The molecule has 0 bridgehead atoms. The van der Waals surface area contributed by atoms with Crippen molar-refractivity contribution in [3.8, 4) is 0 Å². The van der Waals surface area contributed by atoms with Crippen LogP contribution in [-0.2, 0) is 4.79 Å². The lowest BCUT2D eigenvalue weighted by Crippen LogP contribution is -1.89. The molecule has 0 radical (unpaired) electrons. The third-order valence-electron chi connectivity index (χ3n) is 1.66. The van der Waals surface area contributed by atoms with Gasteiger partial charge in [0.15, 0.2) is 0 Å². The lowest BCUT2D eigenvalue weighted by molar-refractivity contribution is -0.131. The van der Waals surface area contributed by atoms with Crippen molar-refractivity contribution in [1.29, 1.82) is 0 Å². The molecule has 3 heteroatoms. The number of aryl methyl sites for hydroxylation is 1. The molecule has 0 heterocycles. The van der Waals surface area contributed by atoms with Crippen molar-refractivity contribution in [2.45, 2.75) is 6.92 Å². The van der Waals surface area contributed by atoms with Crippen LogP contribution < -0.4 is 0 Å². The van der Waals surface area contributed by atoms with Gasteiger partial charge in [-0.15, -0.1) is 0 Å². The van der Waals surface area contributed by atoms with Crippen molar-refractivity contribution in [2.24, 2.45) is 0 Å². The highest BCUT2D eigenvalue weighted by Gasteiger charge is 2.00. The Hall–Kier alpha value is -1.64. The second-order valence-corrected chi connectivity index (χ2v) is 2.64. The number of hydrogen-bond acceptors (Lipinski definition) is 1. The molecule has 0 amide bonds. The molecule has 0 spiro atoms. The van der Waals surface area contributed by atoms with E-state index < -0.39 is 11.8 Å². The Morgan fingerprint density at radius 3 is 2.77 bits per heavy atom. The first-order valence-corrected chi connectivity index (χ1v) is 3.77. The predicted octanol–water partition coefficient (Wildman–Crippen LogP) is 2.23. The quantitative estimate of drug-likeness (QED) is 0.708.